The summed E-state index contributed by atoms with van der Waals surface area (Å²) in [5.41, 5.74) is 3.14. The predicted octanol–water partition coefficient (Wildman–Crippen LogP) is 7.96. The first-order valence-corrected chi connectivity index (χ1v) is 11.0. The van der Waals surface area contributed by atoms with Gasteiger partial charge in [-0.05, 0) is 61.9 Å². The lowest BCUT2D eigenvalue weighted by Crippen LogP contribution is -2.16. The van der Waals surface area contributed by atoms with Gasteiger partial charge in [-0.3, -0.25) is 4.98 Å². The van der Waals surface area contributed by atoms with E-state index in [9.17, 15) is 13.2 Å². The number of pyridine rings is 1. The largest absolute Gasteiger partial charge is 0.573 e. The Bertz CT molecular complexity index is 1340. The number of benzene rings is 3. The number of hydrogen-bond donors (Lipinski definition) is 0. The first-order valence-electron chi connectivity index (χ1n) is 10.6. The fourth-order valence-electron chi connectivity index (χ4n) is 3.68. The molecule has 0 saturated carbocycles. The molecule has 1 heterocycles. The van der Waals surface area contributed by atoms with Crippen LogP contribution in [0.5, 0.6) is 28.7 Å². The molecule has 5 nitrogen and oxygen atoms in total. The minimum atomic E-state index is -4.74. The lowest BCUT2D eigenvalue weighted by Gasteiger charge is -2.17. The number of alkyl halides is 3. The molecular formula is C26H21ClF3NO4. The molecule has 0 amide bonds. The molecule has 0 unspecified atom stereocenters. The third kappa shape index (κ3) is 5.54. The third-order valence-electron chi connectivity index (χ3n) is 5.12. The van der Waals surface area contributed by atoms with E-state index >= 15 is 0 Å². The van der Waals surface area contributed by atoms with Crippen LogP contribution in [0.3, 0.4) is 0 Å². The second-order valence-corrected chi connectivity index (χ2v) is 7.89. The Kier molecular flexibility index (Phi) is 6.93. The van der Waals surface area contributed by atoms with Crippen molar-refractivity contribution in [1.82, 2.24) is 4.98 Å². The van der Waals surface area contributed by atoms with Crippen molar-refractivity contribution in [2.75, 3.05) is 13.7 Å². The van der Waals surface area contributed by atoms with E-state index < -0.39 is 6.36 Å². The zero-order valence-corrected chi connectivity index (χ0v) is 19.8. The third-order valence-corrected chi connectivity index (χ3v) is 5.41. The first kappa shape index (κ1) is 24.5. The summed E-state index contributed by atoms with van der Waals surface area (Å²) < 4.78 is 58.0. The second-order valence-electron chi connectivity index (χ2n) is 7.48. The number of methoxy groups -OCH3 is 1. The second kappa shape index (κ2) is 9.92. The van der Waals surface area contributed by atoms with Crippen LogP contribution < -0.4 is 18.9 Å². The lowest BCUT2D eigenvalue weighted by atomic mass is 10.00. The van der Waals surface area contributed by atoms with Crippen molar-refractivity contribution in [2.45, 2.75) is 20.2 Å². The highest BCUT2D eigenvalue weighted by atomic mass is 35.5. The van der Waals surface area contributed by atoms with Crippen molar-refractivity contribution >= 4 is 22.5 Å². The molecule has 0 spiro atoms. The molecule has 0 aliphatic heterocycles. The van der Waals surface area contributed by atoms with Crippen molar-refractivity contribution in [3.05, 3.63) is 71.4 Å². The van der Waals surface area contributed by atoms with Crippen LogP contribution in [0, 0.1) is 6.92 Å². The molecule has 4 aromatic rings. The van der Waals surface area contributed by atoms with Gasteiger partial charge in [-0.1, -0.05) is 23.7 Å². The molecule has 182 valence electrons. The first-order chi connectivity index (χ1) is 16.7. The summed E-state index contributed by atoms with van der Waals surface area (Å²) in [5.74, 6) is 1.75. The summed E-state index contributed by atoms with van der Waals surface area (Å²) in [4.78, 5) is 4.73. The zero-order valence-electron chi connectivity index (χ0n) is 19.1. The van der Waals surface area contributed by atoms with Gasteiger partial charge < -0.3 is 18.9 Å². The SMILES string of the molecule is CCOc1c(-c2ccc(Oc3ccc(OC(F)(F)F)cc3)cc2)c(C)nc2cc(OC)c(Cl)cc12. The van der Waals surface area contributed by atoms with Crippen LogP contribution in [0.2, 0.25) is 5.02 Å². The number of hydrogen-bond acceptors (Lipinski definition) is 5. The number of aromatic nitrogens is 1. The number of aryl methyl sites for hydroxylation is 1. The maximum atomic E-state index is 12.3. The average Bonchev–Trinajstić information content (AvgIpc) is 2.80. The van der Waals surface area contributed by atoms with E-state index in [0.717, 1.165) is 22.2 Å². The summed E-state index contributed by atoms with van der Waals surface area (Å²) in [7, 11) is 1.55. The molecule has 0 fully saturated rings. The van der Waals surface area contributed by atoms with Gasteiger partial charge in [0.25, 0.3) is 0 Å². The highest BCUT2D eigenvalue weighted by molar-refractivity contribution is 6.33. The molecule has 0 atom stereocenters. The molecular weight excluding hydrogens is 483 g/mol. The summed E-state index contributed by atoms with van der Waals surface area (Å²) in [6.07, 6.45) is -4.74. The molecule has 0 bridgehead atoms. The van der Waals surface area contributed by atoms with Crippen molar-refractivity contribution in [1.29, 1.82) is 0 Å². The van der Waals surface area contributed by atoms with E-state index in [1.54, 1.807) is 31.4 Å². The fourth-order valence-corrected chi connectivity index (χ4v) is 3.92. The Morgan fingerprint density at radius 2 is 1.51 bits per heavy atom. The van der Waals surface area contributed by atoms with E-state index in [4.69, 9.17) is 30.8 Å². The van der Waals surface area contributed by atoms with Gasteiger partial charge in [-0.15, -0.1) is 13.2 Å². The van der Waals surface area contributed by atoms with Gasteiger partial charge in [-0.2, -0.15) is 0 Å². The van der Waals surface area contributed by atoms with Crippen LogP contribution in [0.4, 0.5) is 13.2 Å². The molecule has 0 saturated heterocycles. The predicted molar refractivity (Wildman–Crippen MR) is 128 cm³/mol. The highest BCUT2D eigenvalue weighted by Gasteiger charge is 2.31. The maximum Gasteiger partial charge on any atom is 0.573 e. The molecule has 0 radical (unpaired) electrons. The molecule has 0 aliphatic carbocycles. The van der Waals surface area contributed by atoms with Gasteiger partial charge in [-0.25, -0.2) is 0 Å². The molecule has 35 heavy (non-hydrogen) atoms. The van der Waals surface area contributed by atoms with Crippen LogP contribution >= 0.6 is 11.6 Å². The number of halogens is 4. The Morgan fingerprint density at radius 1 is 0.914 bits per heavy atom. The van der Waals surface area contributed by atoms with Gasteiger partial charge in [0.1, 0.15) is 28.7 Å². The standard InChI is InChI=1S/C26H21ClF3NO4/c1-4-33-25-20-13-21(27)23(32-3)14-22(20)31-15(2)24(25)16-5-7-17(8-6-16)34-18-9-11-19(12-10-18)35-26(28,29)30/h5-14H,4H2,1-3H3. The minimum absolute atomic E-state index is 0.319. The Balaban J connectivity index is 1.64. The molecule has 3 aromatic carbocycles. The Labute approximate surface area is 205 Å². The number of fused-ring (bicyclic) bond motifs is 1. The van der Waals surface area contributed by atoms with Crippen molar-refractivity contribution in [3.8, 4) is 39.9 Å². The molecule has 9 heteroatoms. The summed E-state index contributed by atoms with van der Waals surface area (Å²) in [5, 5.41) is 1.22. The van der Waals surface area contributed by atoms with Crippen LogP contribution in [-0.2, 0) is 0 Å². The van der Waals surface area contributed by atoms with Crippen LogP contribution in [-0.4, -0.2) is 25.1 Å². The number of nitrogens with zero attached hydrogens (tertiary/aromatic N) is 1. The minimum Gasteiger partial charge on any atom is -0.495 e. The van der Waals surface area contributed by atoms with Gasteiger partial charge in [0.05, 0.1) is 24.3 Å². The monoisotopic (exact) mass is 503 g/mol. The summed E-state index contributed by atoms with van der Waals surface area (Å²) in [6, 6.07) is 16.0. The normalized spacial score (nSPS) is 11.4. The Hall–Kier alpha value is -3.65. The van der Waals surface area contributed by atoms with Crippen LogP contribution in [0.1, 0.15) is 12.6 Å². The number of ether oxygens (including phenoxy) is 4. The van der Waals surface area contributed by atoms with E-state index in [0.29, 0.717) is 40.1 Å². The van der Waals surface area contributed by atoms with Crippen molar-refractivity contribution < 1.29 is 32.1 Å². The van der Waals surface area contributed by atoms with Crippen LogP contribution in [0.15, 0.2) is 60.7 Å². The molecule has 0 N–H and O–H groups in total. The molecule has 1 aromatic heterocycles. The lowest BCUT2D eigenvalue weighted by molar-refractivity contribution is -0.274. The Morgan fingerprint density at radius 3 is 2.09 bits per heavy atom. The highest BCUT2D eigenvalue weighted by Crippen LogP contribution is 2.42. The van der Waals surface area contributed by atoms with E-state index in [1.807, 2.05) is 26.0 Å². The van der Waals surface area contributed by atoms with Gasteiger partial charge in [0.15, 0.2) is 0 Å². The van der Waals surface area contributed by atoms with Crippen LogP contribution in [0.25, 0.3) is 22.0 Å². The van der Waals surface area contributed by atoms with Crippen molar-refractivity contribution in [3.63, 3.8) is 0 Å². The quantitative estimate of drug-likeness (QED) is 0.256. The molecule has 0 aliphatic rings. The van der Waals surface area contributed by atoms with E-state index in [2.05, 4.69) is 4.74 Å². The van der Waals surface area contributed by atoms with E-state index in [-0.39, 0.29) is 5.75 Å². The van der Waals surface area contributed by atoms with Gasteiger partial charge in [0, 0.05) is 22.7 Å². The smallest absolute Gasteiger partial charge is 0.495 e. The average molecular weight is 504 g/mol. The maximum absolute atomic E-state index is 12.3. The zero-order chi connectivity index (χ0) is 25.2. The summed E-state index contributed by atoms with van der Waals surface area (Å²) >= 11 is 6.36. The van der Waals surface area contributed by atoms with Crippen molar-refractivity contribution in [2.24, 2.45) is 0 Å². The van der Waals surface area contributed by atoms with E-state index in [1.165, 1.54) is 24.3 Å². The summed E-state index contributed by atoms with van der Waals surface area (Å²) in [6.45, 7) is 4.25. The van der Waals surface area contributed by atoms with Gasteiger partial charge >= 0.3 is 6.36 Å². The molecule has 4 rings (SSSR count). The topological polar surface area (TPSA) is 49.8 Å². The number of rotatable bonds is 7. The fraction of sp³-hybridized carbons (Fsp3) is 0.192. The van der Waals surface area contributed by atoms with Gasteiger partial charge in [0.2, 0.25) is 0 Å².